The Morgan fingerprint density at radius 3 is 2.53 bits per heavy atom. The number of methoxy groups -OCH3 is 1. The molecule has 6 aliphatic carbocycles. The predicted octanol–water partition coefficient (Wildman–Crippen LogP) is 15.7. The van der Waals surface area contributed by atoms with E-state index in [0.29, 0.717) is 60.2 Å². The zero-order valence-corrected chi connectivity index (χ0v) is 60.4. The van der Waals surface area contributed by atoms with Crippen LogP contribution in [0.2, 0.25) is 0 Å². The van der Waals surface area contributed by atoms with Gasteiger partial charge in [-0.3, -0.25) is 4.79 Å². The number of aliphatic hydroxyl groups is 2. The zero-order chi connectivity index (χ0) is 71.8. The number of nitrogens with two attached hydrogens (primary N) is 2. The average molecular weight is 1410 g/mol. The minimum Gasteiger partial charge on any atom is -0.508 e. The minimum atomic E-state index is -0.886. The van der Waals surface area contributed by atoms with E-state index in [-0.39, 0.29) is 112 Å². The van der Waals surface area contributed by atoms with Gasteiger partial charge in [-0.05, 0) is 196 Å². The molecule has 8 aromatic carbocycles. The Morgan fingerprint density at radius 1 is 0.849 bits per heavy atom. The normalized spacial score (nSPS) is 26.7. The molecule has 11 unspecified atom stereocenters. The fraction of sp³-hybridized carbons (Fsp3) is 0.370. The molecule has 4 aliphatic heterocycles. The van der Waals surface area contributed by atoms with Gasteiger partial charge in [0, 0.05) is 101 Å². The van der Waals surface area contributed by atoms with Crippen molar-refractivity contribution in [3.63, 3.8) is 0 Å². The summed E-state index contributed by atoms with van der Waals surface area (Å²) in [5.41, 5.74) is 25.8. The van der Waals surface area contributed by atoms with E-state index >= 15 is 4.79 Å². The summed E-state index contributed by atoms with van der Waals surface area (Å²) in [6, 6.07) is 52.7. The fourth-order valence-electron chi connectivity index (χ4n) is 22.6. The molecule has 10 aliphatic rings. The lowest BCUT2D eigenvalue weighted by Gasteiger charge is -2.57. The zero-order valence-electron chi connectivity index (χ0n) is 60.4. The maximum atomic E-state index is 15.2. The number of rotatable bonds is 10. The summed E-state index contributed by atoms with van der Waals surface area (Å²) in [6.45, 7) is 4.53. The maximum absolute atomic E-state index is 15.2. The highest BCUT2D eigenvalue weighted by molar-refractivity contribution is 6.06. The number of hydrogen-bond acceptors (Lipinski definition) is 11. The molecule has 538 valence electrons. The molecule has 11 bridgehead atoms. The van der Waals surface area contributed by atoms with Crippen LogP contribution >= 0.6 is 0 Å². The van der Waals surface area contributed by atoms with E-state index in [1.165, 1.54) is 74.8 Å². The quantitative estimate of drug-likeness (QED) is 0.0295. The smallest absolute Gasteiger partial charge is 0.204 e. The molecule has 10 aromatic rings. The highest BCUT2D eigenvalue weighted by atomic mass is 16.5. The van der Waals surface area contributed by atoms with E-state index in [0.717, 1.165) is 91.7 Å². The van der Waals surface area contributed by atoms with Gasteiger partial charge in [-0.2, -0.15) is 0 Å². The van der Waals surface area contributed by atoms with Crippen molar-refractivity contribution in [1.29, 1.82) is 0 Å². The lowest BCUT2D eigenvalue weighted by atomic mass is 9.46. The van der Waals surface area contributed by atoms with Gasteiger partial charge in [0.15, 0.2) is 22.9 Å². The molecular formula is C92H92N6O8. The number of aliphatic imine (C=N–C) groups is 1. The molecule has 106 heavy (non-hydrogen) atoms. The van der Waals surface area contributed by atoms with Gasteiger partial charge in [0.2, 0.25) is 5.75 Å². The molecule has 9 N–H and O–H groups in total. The second-order valence-electron chi connectivity index (χ2n) is 32.4. The first kappa shape index (κ1) is 66.6. The first-order chi connectivity index (χ1) is 51.8. The molecule has 5 fully saturated rings. The van der Waals surface area contributed by atoms with Crippen molar-refractivity contribution in [2.75, 3.05) is 51.5 Å². The van der Waals surface area contributed by atoms with Crippen molar-refractivity contribution < 1.29 is 33.9 Å². The molecule has 0 radical (unpaired) electrons. The number of ether oxygens (including phenoxy) is 3. The number of aliphatic hydroxyl groups excluding tert-OH is 2. The molecular weight excluding hydrogens is 1320 g/mol. The van der Waals surface area contributed by atoms with Crippen molar-refractivity contribution in [2.45, 2.75) is 125 Å². The molecule has 1 saturated heterocycles. The molecule has 4 saturated carbocycles. The van der Waals surface area contributed by atoms with E-state index in [9.17, 15) is 15.3 Å². The highest BCUT2D eigenvalue weighted by Crippen LogP contribution is 2.75. The molecule has 6 heterocycles. The van der Waals surface area contributed by atoms with Gasteiger partial charge in [0.05, 0.1) is 38.2 Å². The molecule has 14 heteroatoms. The van der Waals surface area contributed by atoms with Crippen molar-refractivity contribution >= 4 is 62.1 Å². The van der Waals surface area contributed by atoms with Crippen LogP contribution in [0, 0.1) is 52.8 Å². The number of aryl methyl sites for hydroxylation is 2. The Kier molecular flexibility index (Phi) is 16.3. The van der Waals surface area contributed by atoms with Crippen molar-refractivity contribution in [1.82, 2.24) is 10.3 Å². The summed E-state index contributed by atoms with van der Waals surface area (Å²) in [4.78, 5) is 27.6. The number of nitrogens with zero attached hydrogens (tertiary/aromatic N) is 2. The van der Waals surface area contributed by atoms with E-state index in [4.69, 9.17) is 35.1 Å². The number of allylic oxidation sites excluding steroid dienone is 1. The van der Waals surface area contributed by atoms with Gasteiger partial charge >= 0.3 is 0 Å². The molecule has 11 atom stereocenters. The molecule has 14 nitrogen and oxygen atoms in total. The first-order valence-electron chi connectivity index (χ1n) is 38.8. The highest BCUT2D eigenvalue weighted by Gasteiger charge is 2.73. The Labute approximate surface area is 618 Å². The summed E-state index contributed by atoms with van der Waals surface area (Å²) < 4.78 is 27.5. The van der Waals surface area contributed by atoms with Crippen LogP contribution in [0.1, 0.15) is 121 Å². The monoisotopic (exact) mass is 1410 g/mol. The summed E-state index contributed by atoms with van der Waals surface area (Å²) in [5.74, 6) is 11.3. The number of aromatic nitrogens is 1. The summed E-state index contributed by atoms with van der Waals surface area (Å²) in [6.07, 6.45) is 20.2. The molecule has 20 rings (SSSR count). The first-order valence-corrected chi connectivity index (χ1v) is 38.8. The number of nitrogens with one attached hydrogen (secondary N) is 2. The second kappa shape index (κ2) is 25.9. The van der Waals surface area contributed by atoms with Crippen molar-refractivity contribution in [3.8, 4) is 57.3 Å². The number of H-pyrrole nitrogens is 1. The van der Waals surface area contributed by atoms with Crippen molar-refractivity contribution in [3.05, 3.63) is 224 Å². The van der Waals surface area contributed by atoms with Crippen LogP contribution in [0.25, 0.3) is 67.1 Å². The molecule has 3 spiro atoms. The number of phenolic OH excluding ortho intramolecular Hbond substituents is 1. The van der Waals surface area contributed by atoms with E-state index in [1.54, 1.807) is 37.5 Å². The largest absolute Gasteiger partial charge is 0.508 e. The second-order valence-corrected chi connectivity index (χ2v) is 32.4. The predicted molar refractivity (Wildman–Crippen MR) is 421 cm³/mol. The van der Waals surface area contributed by atoms with Crippen LogP contribution in [0.4, 0.5) is 11.5 Å². The Balaban J connectivity index is 0.839. The third-order valence-corrected chi connectivity index (χ3v) is 27.3. The third kappa shape index (κ3) is 10.4. The Hall–Kier alpha value is -10.0. The van der Waals surface area contributed by atoms with Gasteiger partial charge in [0.1, 0.15) is 28.3 Å². The van der Waals surface area contributed by atoms with E-state index < -0.39 is 17.4 Å². The standard InChI is InChI=1S/C92H92N6O8/c1-89-64-27-21-57(72(89)36-29-64)25-34-73-74-35-26-59-19-20-63-45-61-14-6-7-16-68(61)71-49-90(38-8-9-39-90)92(74,82(59)80(63)71)53-91(73)65-28-22-62(75(46-65)96-88(93)94)44-56(51-99)52-105-84-69(33-18-55-13-10-15-60(43-55)70-47-78(89)97-87(70)98-41-40-95-50-79(91)98)83-81(76(102)48-77(106-83)58-23-31-66(100)32-24-58)85(86(84)103-2)104-42-37-67(101)30-17-54-11-4-3-5-12-54/h3-7,10-17,19-20,22-24,26,28,30-32,35,43,45-48,56-57,64,67,72-74,79,95,97,99-101H,8-9,18,21,27,29,33,36-42,44,49-53H2,1-2H3,(H4,93,94,96). The lowest BCUT2D eigenvalue weighted by molar-refractivity contribution is 0.0815. The minimum absolute atomic E-state index is 0.00567. The van der Waals surface area contributed by atoms with Gasteiger partial charge < -0.3 is 60.6 Å². The van der Waals surface area contributed by atoms with Gasteiger partial charge in [0.25, 0.3) is 0 Å². The van der Waals surface area contributed by atoms with Gasteiger partial charge in [-0.15, -0.1) is 0 Å². The topological polar surface area (TPSA) is 214 Å². The van der Waals surface area contributed by atoms with Crippen LogP contribution in [0.3, 0.4) is 0 Å². The summed E-state index contributed by atoms with van der Waals surface area (Å²) >= 11 is 0. The van der Waals surface area contributed by atoms with Crippen molar-refractivity contribution in [2.24, 2.45) is 57.4 Å². The van der Waals surface area contributed by atoms with Crippen LogP contribution in [0.5, 0.6) is 23.0 Å². The van der Waals surface area contributed by atoms with Crippen LogP contribution in [-0.2, 0) is 41.9 Å². The number of piperazine rings is 1. The number of benzene rings is 8. The summed E-state index contributed by atoms with van der Waals surface area (Å²) in [5, 5.41) is 43.4. The fourth-order valence-corrected chi connectivity index (χ4v) is 22.6. The summed E-state index contributed by atoms with van der Waals surface area (Å²) in [7, 11) is 1.54. The van der Waals surface area contributed by atoms with Crippen LogP contribution in [-0.4, -0.2) is 85.0 Å². The lowest BCUT2D eigenvalue weighted by Crippen LogP contribution is -2.63. The Bertz CT molecular complexity index is 5400. The number of fused-ring (bicyclic) bond motifs is 11. The number of guanidine groups is 1. The van der Waals surface area contributed by atoms with E-state index in [2.05, 4.69) is 137 Å². The van der Waals surface area contributed by atoms with Crippen LogP contribution in [0.15, 0.2) is 178 Å². The number of anilines is 1. The van der Waals surface area contributed by atoms with Gasteiger partial charge in [-0.25, -0.2) is 4.99 Å². The van der Waals surface area contributed by atoms with Gasteiger partial charge in [-0.1, -0.05) is 159 Å². The molecule has 2 aromatic heterocycles. The number of aromatic hydroxyl groups is 1. The van der Waals surface area contributed by atoms with E-state index in [1.807, 2.05) is 36.4 Å². The Morgan fingerprint density at radius 2 is 1.69 bits per heavy atom. The average Bonchev–Trinajstić information content (AvgIpc) is 1.47. The number of hydrogen-bond donors (Lipinski definition) is 7. The third-order valence-electron chi connectivity index (χ3n) is 27.3. The number of aromatic amines is 1. The SMILES string of the molecule is COc1c2c(c3oc(-c4ccc(O)cc4)cc(=O)c3c1OCCC(O)C=Cc1ccccc1)CCc1cccc(c1)-c1cc3[nH]c1N1CCNCC1C1(CC45c6c(ccc7cc8ccccc8c(c67)CC46CCCC6)C=CC5C1C#CC1CCC4CCC1C34C)c1ccc(c(N=C(N)N)c1)CC(CO)CO2. The molecule has 0 amide bonds. The maximum Gasteiger partial charge on any atom is 0.204 e. The van der Waals surface area contributed by atoms with Crippen LogP contribution < -0.4 is 41.3 Å². The number of phenols is 1.